The summed E-state index contributed by atoms with van der Waals surface area (Å²) in [6.07, 6.45) is -0.359. The van der Waals surface area contributed by atoms with Gasteiger partial charge in [0.05, 0.1) is 39.1 Å². The van der Waals surface area contributed by atoms with Crippen LogP contribution in [0, 0.1) is 0 Å². The molecule has 4 aromatic rings. The van der Waals surface area contributed by atoms with Crippen molar-refractivity contribution in [3.05, 3.63) is 65.8 Å². The van der Waals surface area contributed by atoms with Gasteiger partial charge in [0.15, 0.2) is 0 Å². The second-order valence-corrected chi connectivity index (χ2v) is 9.52. The molecule has 4 rings (SSSR count). The van der Waals surface area contributed by atoms with Crippen LogP contribution in [0.2, 0.25) is 0 Å². The molecule has 194 valence electrons. The Kier molecular flexibility index (Phi) is 7.79. The van der Waals surface area contributed by atoms with E-state index >= 15 is 0 Å². The van der Waals surface area contributed by atoms with E-state index in [-0.39, 0.29) is 11.3 Å². The number of amides is 1. The Morgan fingerprint density at radius 3 is 2.49 bits per heavy atom. The number of aliphatic hydroxyl groups is 1. The molecule has 0 spiro atoms. The summed E-state index contributed by atoms with van der Waals surface area (Å²) >= 11 is 1.49. The lowest BCUT2D eigenvalue weighted by molar-refractivity contribution is -0.0498. The topological polar surface area (TPSA) is 108 Å². The van der Waals surface area contributed by atoms with Gasteiger partial charge in [0, 0.05) is 23.6 Å². The summed E-state index contributed by atoms with van der Waals surface area (Å²) in [6.45, 7) is -0.736. The summed E-state index contributed by atoms with van der Waals surface area (Å²) in [7, 11) is 0. The standard InChI is InChI=1S/C25H24F3N5O3S/c1-25(2,35)21(26)12-30-23(34)17-11-29-22(33-15-5-8-18-20(9-15)37-13-31-18)10-19(17)32-14-3-6-16(7-4-14)36-24(27)28/h3-11,13,21,24,35H,12H2,1-2H3,(H,30,34)(H2,29,32,33). The summed E-state index contributed by atoms with van der Waals surface area (Å²) in [5.41, 5.74) is 2.68. The molecule has 0 saturated heterocycles. The van der Waals surface area contributed by atoms with Crippen molar-refractivity contribution in [3.8, 4) is 5.75 Å². The van der Waals surface area contributed by atoms with Gasteiger partial charge in [0.25, 0.3) is 5.91 Å². The average molecular weight is 532 g/mol. The normalized spacial score (nSPS) is 12.4. The molecule has 4 N–H and O–H groups in total. The van der Waals surface area contributed by atoms with E-state index in [0.29, 0.717) is 17.2 Å². The van der Waals surface area contributed by atoms with Crippen LogP contribution in [-0.2, 0) is 0 Å². The minimum atomic E-state index is -2.95. The SMILES string of the molecule is CC(C)(O)C(F)CNC(=O)c1cnc(Nc2ccc3ncsc3c2)cc1Nc1ccc(OC(F)F)cc1. The number of carbonyl (C=O) groups is 1. The first-order chi connectivity index (χ1) is 17.6. The van der Waals surface area contributed by atoms with Crippen molar-refractivity contribution < 1.29 is 27.8 Å². The molecule has 2 heterocycles. The number of fused-ring (bicyclic) bond motifs is 1. The van der Waals surface area contributed by atoms with Gasteiger partial charge < -0.3 is 25.8 Å². The van der Waals surface area contributed by atoms with Gasteiger partial charge in [-0.1, -0.05) is 0 Å². The third kappa shape index (κ3) is 6.86. The number of benzene rings is 2. The molecule has 0 radical (unpaired) electrons. The van der Waals surface area contributed by atoms with Crippen LogP contribution >= 0.6 is 11.3 Å². The van der Waals surface area contributed by atoms with E-state index in [9.17, 15) is 23.1 Å². The molecule has 2 aromatic carbocycles. The van der Waals surface area contributed by atoms with Gasteiger partial charge in [-0.25, -0.2) is 14.4 Å². The van der Waals surface area contributed by atoms with Gasteiger partial charge in [0.2, 0.25) is 0 Å². The van der Waals surface area contributed by atoms with Gasteiger partial charge >= 0.3 is 6.61 Å². The third-order valence-corrected chi connectivity index (χ3v) is 6.11. The van der Waals surface area contributed by atoms with Crippen LogP contribution in [0.5, 0.6) is 5.75 Å². The van der Waals surface area contributed by atoms with E-state index < -0.39 is 30.8 Å². The fraction of sp³-hybridized carbons (Fsp3) is 0.240. The summed E-state index contributed by atoms with van der Waals surface area (Å²) < 4.78 is 44.5. The summed E-state index contributed by atoms with van der Waals surface area (Å²) in [5.74, 6) is -0.215. The number of nitrogens with one attached hydrogen (secondary N) is 3. The van der Waals surface area contributed by atoms with Crippen molar-refractivity contribution in [3.63, 3.8) is 0 Å². The number of anilines is 4. The zero-order valence-corrected chi connectivity index (χ0v) is 20.7. The van der Waals surface area contributed by atoms with Gasteiger partial charge in [-0.05, 0) is 56.3 Å². The van der Waals surface area contributed by atoms with Crippen LogP contribution in [-0.4, -0.2) is 45.9 Å². The average Bonchev–Trinajstić information content (AvgIpc) is 3.31. The third-order valence-electron chi connectivity index (χ3n) is 5.32. The summed E-state index contributed by atoms with van der Waals surface area (Å²) in [4.78, 5) is 21.5. The molecule has 0 bridgehead atoms. The monoisotopic (exact) mass is 531 g/mol. The molecule has 0 aliphatic rings. The molecule has 2 aromatic heterocycles. The zero-order valence-electron chi connectivity index (χ0n) is 19.8. The molecule has 0 saturated carbocycles. The van der Waals surface area contributed by atoms with Crippen molar-refractivity contribution in [2.75, 3.05) is 17.2 Å². The van der Waals surface area contributed by atoms with Crippen LogP contribution in [0.1, 0.15) is 24.2 Å². The summed E-state index contributed by atoms with van der Waals surface area (Å²) in [5, 5.41) is 18.5. The van der Waals surface area contributed by atoms with Gasteiger partial charge in [-0.2, -0.15) is 8.78 Å². The lowest BCUT2D eigenvalue weighted by Gasteiger charge is -2.22. The molecule has 1 unspecified atom stereocenters. The van der Waals surface area contributed by atoms with E-state index in [0.717, 1.165) is 15.9 Å². The highest BCUT2D eigenvalue weighted by Gasteiger charge is 2.27. The molecule has 1 amide bonds. The van der Waals surface area contributed by atoms with Crippen LogP contribution in [0.25, 0.3) is 10.2 Å². The Hall–Kier alpha value is -3.90. The molecule has 37 heavy (non-hydrogen) atoms. The van der Waals surface area contributed by atoms with E-state index in [1.54, 1.807) is 11.6 Å². The Morgan fingerprint density at radius 1 is 1.05 bits per heavy atom. The molecule has 0 fully saturated rings. The first-order valence-corrected chi connectivity index (χ1v) is 12.0. The number of carbonyl (C=O) groups excluding carboxylic acids is 1. The number of nitrogens with zero attached hydrogens (tertiary/aromatic N) is 2. The second kappa shape index (κ2) is 11.0. The second-order valence-electron chi connectivity index (χ2n) is 8.63. The van der Waals surface area contributed by atoms with Gasteiger partial charge in [0.1, 0.15) is 17.7 Å². The van der Waals surface area contributed by atoms with E-state index in [4.69, 9.17) is 0 Å². The van der Waals surface area contributed by atoms with Crippen LogP contribution in [0.15, 0.2) is 60.2 Å². The highest BCUT2D eigenvalue weighted by molar-refractivity contribution is 7.16. The number of halogens is 3. The minimum Gasteiger partial charge on any atom is -0.435 e. The Balaban J connectivity index is 1.59. The Bertz CT molecular complexity index is 1380. The number of rotatable bonds is 10. The largest absolute Gasteiger partial charge is 0.435 e. The highest BCUT2D eigenvalue weighted by atomic mass is 32.1. The fourth-order valence-corrected chi connectivity index (χ4v) is 4.01. The maximum atomic E-state index is 14.2. The van der Waals surface area contributed by atoms with E-state index in [1.807, 2.05) is 18.2 Å². The van der Waals surface area contributed by atoms with Crippen LogP contribution in [0.3, 0.4) is 0 Å². The predicted octanol–water partition coefficient (Wildman–Crippen LogP) is 5.62. The highest BCUT2D eigenvalue weighted by Crippen LogP contribution is 2.28. The number of hydrogen-bond donors (Lipinski definition) is 4. The fourth-order valence-electron chi connectivity index (χ4n) is 3.29. The molecule has 12 heteroatoms. The lowest BCUT2D eigenvalue weighted by atomic mass is 10.0. The van der Waals surface area contributed by atoms with E-state index in [1.165, 1.54) is 55.6 Å². The van der Waals surface area contributed by atoms with Crippen molar-refractivity contribution in [1.82, 2.24) is 15.3 Å². The molecule has 0 aliphatic carbocycles. The van der Waals surface area contributed by atoms with E-state index in [2.05, 4.69) is 30.7 Å². The number of alkyl halides is 3. The van der Waals surface area contributed by atoms with Crippen molar-refractivity contribution in [1.29, 1.82) is 0 Å². The number of hydrogen-bond acceptors (Lipinski definition) is 8. The quantitative estimate of drug-likeness (QED) is 0.210. The number of pyridine rings is 1. The minimum absolute atomic E-state index is 0.0188. The summed E-state index contributed by atoms with van der Waals surface area (Å²) in [6, 6.07) is 13.0. The number of aromatic nitrogens is 2. The molecule has 8 nitrogen and oxygen atoms in total. The smallest absolute Gasteiger partial charge is 0.387 e. The van der Waals surface area contributed by atoms with Gasteiger partial charge in [-0.3, -0.25) is 4.79 Å². The Labute approximate surface area is 214 Å². The molecular formula is C25H24F3N5O3S. The van der Waals surface area contributed by atoms with Crippen molar-refractivity contribution in [2.45, 2.75) is 32.2 Å². The Morgan fingerprint density at radius 2 is 1.78 bits per heavy atom. The molecular weight excluding hydrogens is 507 g/mol. The first-order valence-electron chi connectivity index (χ1n) is 11.2. The van der Waals surface area contributed by atoms with Crippen molar-refractivity contribution >= 4 is 50.3 Å². The van der Waals surface area contributed by atoms with Crippen LogP contribution < -0.4 is 20.7 Å². The lowest BCUT2D eigenvalue weighted by Crippen LogP contribution is -2.42. The molecule has 0 aliphatic heterocycles. The maximum absolute atomic E-state index is 14.2. The predicted molar refractivity (Wildman–Crippen MR) is 137 cm³/mol. The van der Waals surface area contributed by atoms with Gasteiger partial charge in [-0.15, -0.1) is 11.3 Å². The molecule has 1 atom stereocenters. The number of ether oxygens (including phenoxy) is 1. The number of thiazole rings is 1. The first kappa shape index (κ1) is 26.2. The van der Waals surface area contributed by atoms with Crippen LogP contribution in [0.4, 0.5) is 36.1 Å². The zero-order chi connectivity index (χ0) is 26.6. The van der Waals surface area contributed by atoms with Crippen molar-refractivity contribution in [2.24, 2.45) is 0 Å². The maximum Gasteiger partial charge on any atom is 0.387 e.